The smallest absolute Gasteiger partial charge is 0.238 e. The van der Waals surface area contributed by atoms with Crippen molar-refractivity contribution in [3.63, 3.8) is 0 Å². The third-order valence-corrected chi connectivity index (χ3v) is 4.33. The number of nitrogens with one attached hydrogen (secondary N) is 1. The van der Waals surface area contributed by atoms with Crippen molar-refractivity contribution in [2.24, 2.45) is 0 Å². The first-order valence-corrected chi connectivity index (χ1v) is 7.27. The van der Waals surface area contributed by atoms with Crippen LogP contribution in [0.15, 0.2) is 12.7 Å². The van der Waals surface area contributed by atoms with Gasteiger partial charge in [0.05, 0.1) is 5.75 Å². The Balaban J connectivity index is 4.10. The third-order valence-electron chi connectivity index (χ3n) is 2.34. The molecule has 1 atom stereocenters. The lowest BCUT2D eigenvalue weighted by atomic mass is 10.3. The van der Waals surface area contributed by atoms with Gasteiger partial charge in [-0.3, -0.25) is 4.79 Å². The van der Waals surface area contributed by atoms with Gasteiger partial charge in [0, 0.05) is 6.54 Å². The van der Waals surface area contributed by atoms with E-state index in [4.69, 9.17) is 0 Å². The molecule has 1 N–H and O–H groups in total. The topological polar surface area (TPSA) is 66.5 Å². The largest absolute Gasteiger partial charge is 0.355 e. The van der Waals surface area contributed by atoms with Crippen molar-refractivity contribution in [3.8, 4) is 0 Å². The van der Waals surface area contributed by atoms with Crippen molar-refractivity contribution < 1.29 is 13.2 Å². The monoisotopic (exact) mass is 262 g/mol. The van der Waals surface area contributed by atoms with Crippen LogP contribution in [0.3, 0.4) is 0 Å². The van der Waals surface area contributed by atoms with Crippen molar-refractivity contribution in [1.29, 1.82) is 0 Å². The fourth-order valence-electron chi connectivity index (χ4n) is 1.22. The minimum atomic E-state index is -3.40. The number of hydrogen-bond acceptors (Lipinski definition) is 4. The van der Waals surface area contributed by atoms with Gasteiger partial charge in [-0.15, -0.1) is 6.58 Å². The predicted octanol–water partition coefficient (Wildman–Crippen LogP) is 0.0436. The molecule has 0 bridgehead atoms. The van der Waals surface area contributed by atoms with Crippen LogP contribution in [-0.2, 0) is 14.6 Å². The molecule has 0 aliphatic rings. The summed E-state index contributed by atoms with van der Waals surface area (Å²) < 4.78 is 23.1. The van der Waals surface area contributed by atoms with Gasteiger partial charge in [-0.05, 0) is 34.0 Å². The van der Waals surface area contributed by atoms with Gasteiger partial charge in [-0.1, -0.05) is 6.08 Å². The predicted molar refractivity (Wildman–Crippen MR) is 69.6 cm³/mol. The molecule has 0 aromatic heterocycles. The second-order valence-corrected chi connectivity index (χ2v) is 6.57. The molecular formula is C11H22N2O3S. The summed E-state index contributed by atoms with van der Waals surface area (Å²) in [7, 11) is 0.483. The molecule has 1 unspecified atom stereocenters. The van der Waals surface area contributed by atoms with Gasteiger partial charge in [0.25, 0.3) is 0 Å². The molecule has 0 spiro atoms. The molecule has 0 aromatic rings. The first-order chi connectivity index (χ1) is 7.81. The van der Waals surface area contributed by atoms with E-state index in [0.29, 0.717) is 6.54 Å². The summed E-state index contributed by atoms with van der Waals surface area (Å²) in [5, 5.41) is 1.61. The van der Waals surface area contributed by atoms with Gasteiger partial charge in [0.15, 0.2) is 9.84 Å². The lowest BCUT2D eigenvalue weighted by Gasteiger charge is -2.13. The second-order valence-electron chi connectivity index (χ2n) is 4.21. The molecule has 17 heavy (non-hydrogen) atoms. The van der Waals surface area contributed by atoms with Crippen LogP contribution in [-0.4, -0.2) is 57.4 Å². The number of amides is 1. The lowest BCUT2D eigenvalue weighted by molar-refractivity contribution is -0.120. The fraction of sp³-hybridized carbons (Fsp3) is 0.727. The maximum Gasteiger partial charge on any atom is 0.238 e. The summed E-state index contributed by atoms with van der Waals surface area (Å²) >= 11 is 0. The van der Waals surface area contributed by atoms with Crippen LogP contribution in [0.2, 0.25) is 0 Å². The summed E-state index contributed by atoms with van der Waals surface area (Å²) in [5.74, 6) is -0.607. The number of nitrogens with zero attached hydrogens (tertiary/aromatic N) is 1. The van der Waals surface area contributed by atoms with E-state index in [1.54, 1.807) is 0 Å². The minimum Gasteiger partial charge on any atom is -0.355 e. The Morgan fingerprint density at radius 1 is 1.47 bits per heavy atom. The third kappa shape index (κ3) is 6.43. The van der Waals surface area contributed by atoms with E-state index in [0.717, 1.165) is 13.0 Å². The highest BCUT2D eigenvalue weighted by atomic mass is 32.2. The molecule has 0 heterocycles. The maximum absolute atomic E-state index is 11.6. The first-order valence-electron chi connectivity index (χ1n) is 5.56. The van der Waals surface area contributed by atoms with Crippen molar-refractivity contribution in [3.05, 3.63) is 12.7 Å². The molecule has 100 valence electrons. The normalized spacial score (nSPS) is 13.4. The van der Waals surface area contributed by atoms with Crippen LogP contribution in [0.1, 0.15) is 13.3 Å². The van der Waals surface area contributed by atoms with Crippen LogP contribution in [0.25, 0.3) is 0 Å². The number of hydrogen-bond donors (Lipinski definition) is 1. The Hall–Kier alpha value is -0.880. The summed E-state index contributed by atoms with van der Waals surface area (Å²) in [6.45, 7) is 6.12. The molecule has 6 heteroatoms. The van der Waals surface area contributed by atoms with Gasteiger partial charge in [-0.25, -0.2) is 8.42 Å². The van der Waals surface area contributed by atoms with Gasteiger partial charge in [0.1, 0.15) is 5.25 Å². The average Bonchev–Trinajstić information content (AvgIpc) is 2.22. The van der Waals surface area contributed by atoms with Crippen LogP contribution in [0.4, 0.5) is 0 Å². The zero-order valence-electron chi connectivity index (χ0n) is 10.8. The molecular weight excluding hydrogens is 240 g/mol. The molecule has 1 amide bonds. The molecule has 0 aliphatic carbocycles. The fourth-order valence-corrected chi connectivity index (χ4v) is 2.25. The van der Waals surface area contributed by atoms with Crippen LogP contribution in [0.5, 0.6) is 0 Å². The highest BCUT2D eigenvalue weighted by Crippen LogP contribution is 2.02. The van der Waals surface area contributed by atoms with Crippen LogP contribution in [0, 0.1) is 0 Å². The standard InChI is InChI=1S/C11H22N2O3S/c1-5-9-17(15,16)10(2)11(14)12-7-6-8-13(3)4/h5,10H,1,6-9H2,2-4H3,(H,12,14). The van der Waals surface area contributed by atoms with Gasteiger partial charge >= 0.3 is 0 Å². The number of carbonyl (C=O) groups excluding carboxylic acids is 1. The van der Waals surface area contributed by atoms with E-state index in [9.17, 15) is 13.2 Å². The molecule has 0 fully saturated rings. The van der Waals surface area contributed by atoms with Gasteiger partial charge in [0.2, 0.25) is 5.91 Å². The molecule has 0 saturated carbocycles. The maximum atomic E-state index is 11.6. The van der Waals surface area contributed by atoms with Crippen molar-refractivity contribution in [2.75, 3.05) is 32.9 Å². The van der Waals surface area contributed by atoms with E-state index in [-0.39, 0.29) is 5.75 Å². The number of rotatable bonds is 8. The Morgan fingerprint density at radius 2 is 2.06 bits per heavy atom. The Kier molecular flexibility index (Phi) is 7.06. The SMILES string of the molecule is C=CCS(=O)(=O)C(C)C(=O)NCCCN(C)C. The molecule has 0 rings (SSSR count). The summed E-state index contributed by atoms with van der Waals surface area (Å²) in [4.78, 5) is 13.6. The highest BCUT2D eigenvalue weighted by Gasteiger charge is 2.26. The van der Waals surface area contributed by atoms with E-state index < -0.39 is 21.0 Å². The first kappa shape index (κ1) is 16.1. The second kappa shape index (κ2) is 7.45. The Labute approximate surface area is 104 Å². The van der Waals surface area contributed by atoms with Crippen molar-refractivity contribution >= 4 is 15.7 Å². The molecule has 5 nitrogen and oxygen atoms in total. The molecule has 0 aromatic carbocycles. The van der Waals surface area contributed by atoms with Gasteiger partial charge < -0.3 is 10.2 Å². The minimum absolute atomic E-state index is 0.167. The quantitative estimate of drug-likeness (QED) is 0.495. The van der Waals surface area contributed by atoms with Crippen molar-refractivity contribution in [1.82, 2.24) is 10.2 Å². The zero-order chi connectivity index (χ0) is 13.5. The van der Waals surface area contributed by atoms with Crippen molar-refractivity contribution in [2.45, 2.75) is 18.6 Å². The van der Waals surface area contributed by atoms with E-state index >= 15 is 0 Å². The number of carbonyl (C=O) groups is 1. The molecule has 0 radical (unpaired) electrons. The molecule has 0 saturated heterocycles. The Morgan fingerprint density at radius 3 is 2.53 bits per heavy atom. The van der Waals surface area contributed by atoms with E-state index in [2.05, 4.69) is 11.9 Å². The van der Waals surface area contributed by atoms with Crippen LogP contribution >= 0.6 is 0 Å². The Bertz CT molecular complexity index is 350. The highest BCUT2D eigenvalue weighted by molar-refractivity contribution is 7.92. The van der Waals surface area contributed by atoms with Gasteiger partial charge in [-0.2, -0.15) is 0 Å². The van der Waals surface area contributed by atoms with E-state index in [1.165, 1.54) is 13.0 Å². The average molecular weight is 262 g/mol. The van der Waals surface area contributed by atoms with Crippen LogP contribution < -0.4 is 5.32 Å². The summed E-state index contributed by atoms with van der Waals surface area (Å²) in [5.41, 5.74) is 0. The number of sulfone groups is 1. The molecule has 0 aliphatic heterocycles. The lowest BCUT2D eigenvalue weighted by Crippen LogP contribution is -2.39. The summed E-state index contributed by atoms with van der Waals surface area (Å²) in [6, 6.07) is 0. The zero-order valence-corrected chi connectivity index (χ0v) is 11.6. The summed E-state index contributed by atoms with van der Waals surface area (Å²) in [6.07, 6.45) is 2.10. The van der Waals surface area contributed by atoms with E-state index in [1.807, 2.05) is 19.0 Å².